The van der Waals surface area contributed by atoms with Crippen molar-refractivity contribution in [2.45, 2.75) is 39.0 Å². The molecule has 1 aromatic heterocycles. The summed E-state index contributed by atoms with van der Waals surface area (Å²) < 4.78 is 12.6. The molecule has 0 saturated carbocycles. The molecular weight excluding hydrogens is 376 g/mol. The van der Waals surface area contributed by atoms with Crippen LogP contribution in [0.3, 0.4) is 0 Å². The number of aromatic nitrogens is 2. The number of benzene rings is 1. The Kier molecular flexibility index (Phi) is 6.60. The number of ether oxygens (including phenoxy) is 2. The molecule has 2 heterocycles. The molecule has 156 valence electrons. The van der Waals surface area contributed by atoms with Gasteiger partial charge in [-0.2, -0.15) is 5.10 Å². The van der Waals surface area contributed by atoms with Gasteiger partial charge in [0, 0.05) is 37.1 Å². The molecule has 3 atom stereocenters. The molecule has 1 fully saturated rings. The Morgan fingerprint density at radius 2 is 2.31 bits per heavy atom. The van der Waals surface area contributed by atoms with Gasteiger partial charge in [0.15, 0.2) is 0 Å². The zero-order chi connectivity index (χ0) is 21.0. The second kappa shape index (κ2) is 9.15. The van der Waals surface area contributed by atoms with Crippen molar-refractivity contribution in [2.24, 2.45) is 5.92 Å². The topological polar surface area (TPSA) is 109 Å². The van der Waals surface area contributed by atoms with E-state index in [-0.39, 0.29) is 29.7 Å². The Bertz CT molecular complexity index is 882. The van der Waals surface area contributed by atoms with Gasteiger partial charge >= 0.3 is 0 Å². The first kappa shape index (κ1) is 20.9. The lowest BCUT2D eigenvalue weighted by atomic mass is 9.95. The van der Waals surface area contributed by atoms with Crippen molar-refractivity contribution in [1.82, 2.24) is 15.1 Å². The predicted molar refractivity (Wildman–Crippen MR) is 105 cm³/mol. The standard InChI is InChI=1S/C20H26N4O5/c1-13-4-5-15(10-18(13)24(26)27)14(2)22-20(25)17-6-8-29-19(17)16-11-21-23(12-16)7-9-28-3/h4-5,10-12,14,17,19H,6-9H2,1-3H3,(H,22,25)/t14?,17-,19+/m0/s1. The Hall–Kier alpha value is -2.78. The van der Waals surface area contributed by atoms with E-state index in [0.29, 0.717) is 37.3 Å². The number of hydrogen-bond donors (Lipinski definition) is 1. The molecule has 0 aliphatic carbocycles. The summed E-state index contributed by atoms with van der Waals surface area (Å²) in [6.07, 6.45) is 3.85. The third-order valence-electron chi connectivity index (χ3n) is 5.22. The highest BCUT2D eigenvalue weighted by molar-refractivity contribution is 5.80. The zero-order valence-corrected chi connectivity index (χ0v) is 16.8. The molecule has 9 nitrogen and oxygen atoms in total. The minimum absolute atomic E-state index is 0.0501. The number of nitro groups is 1. The first-order chi connectivity index (χ1) is 13.9. The third kappa shape index (κ3) is 4.80. The van der Waals surface area contributed by atoms with E-state index < -0.39 is 4.92 Å². The lowest BCUT2D eigenvalue weighted by Gasteiger charge is -2.21. The Balaban J connectivity index is 1.68. The van der Waals surface area contributed by atoms with Crippen molar-refractivity contribution in [1.29, 1.82) is 0 Å². The van der Waals surface area contributed by atoms with Gasteiger partial charge in [0.05, 0.1) is 42.3 Å². The van der Waals surface area contributed by atoms with Crippen molar-refractivity contribution in [2.75, 3.05) is 20.3 Å². The molecule has 1 unspecified atom stereocenters. The molecule has 1 N–H and O–H groups in total. The highest BCUT2D eigenvalue weighted by Crippen LogP contribution is 2.35. The second-order valence-corrected chi connectivity index (χ2v) is 7.25. The van der Waals surface area contributed by atoms with Gasteiger partial charge in [0.25, 0.3) is 5.69 Å². The fraction of sp³-hybridized carbons (Fsp3) is 0.500. The lowest BCUT2D eigenvalue weighted by Crippen LogP contribution is -2.34. The number of rotatable bonds is 8. The maximum Gasteiger partial charge on any atom is 0.272 e. The number of hydrogen-bond acceptors (Lipinski definition) is 6. The fourth-order valence-corrected chi connectivity index (χ4v) is 3.52. The van der Waals surface area contributed by atoms with E-state index in [9.17, 15) is 14.9 Å². The van der Waals surface area contributed by atoms with Crippen LogP contribution < -0.4 is 5.32 Å². The second-order valence-electron chi connectivity index (χ2n) is 7.25. The molecule has 2 aromatic rings. The molecule has 29 heavy (non-hydrogen) atoms. The molecule has 1 aliphatic rings. The van der Waals surface area contributed by atoms with Crippen LogP contribution >= 0.6 is 0 Å². The van der Waals surface area contributed by atoms with Crippen LogP contribution in [0.4, 0.5) is 5.69 Å². The van der Waals surface area contributed by atoms with Crippen LogP contribution in [0, 0.1) is 23.0 Å². The first-order valence-electron chi connectivity index (χ1n) is 9.59. The van der Waals surface area contributed by atoms with E-state index in [1.54, 1.807) is 37.0 Å². The molecule has 0 bridgehead atoms. The summed E-state index contributed by atoms with van der Waals surface area (Å²) in [5.74, 6) is -0.467. The van der Waals surface area contributed by atoms with Gasteiger partial charge < -0.3 is 14.8 Å². The summed E-state index contributed by atoms with van der Waals surface area (Å²) in [5, 5.41) is 18.5. The van der Waals surface area contributed by atoms with Gasteiger partial charge in [-0.1, -0.05) is 12.1 Å². The average molecular weight is 402 g/mol. The minimum atomic E-state index is -0.407. The Morgan fingerprint density at radius 3 is 3.03 bits per heavy atom. The summed E-state index contributed by atoms with van der Waals surface area (Å²) in [7, 11) is 1.63. The van der Waals surface area contributed by atoms with E-state index >= 15 is 0 Å². The quantitative estimate of drug-likeness (QED) is 0.537. The summed E-state index contributed by atoms with van der Waals surface area (Å²) in [6.45, 7) is 5.19. The Morgan fingerprint density at radius 1 is 1.52 bits per heavy atom. The SMILES string of the molecule is COCCn1cc([C@H]2OCC[C@@H]2C(=O)NC(C)c2ccc(C)c([N+](=O)[O-])c2)cn1. The van der Waals surface area contributed by atoms with Crippen molar-refractivity contribution in [3.8, 4) is 0 Å². The van der Waals surface area contributed by atoms with Gasteiger partial charge in [-0.25, -0.2) is 0 Å². The van der Waals surface area contributed by atoms with Gasteiger partial charge in [-0.3, -0.25) is 19.6 Å². The average Bonchev–Trinajstić information content (AvgIpc) is 3.35. The third-order valence-corrected chi connectivity index (χ3v) is 5.22. The number of methoxy groups -OCH3 is 1. The molecule has 9 heteroatoms. The van der Waals surface area contributed by atoms with Crippen LogP contribution in [-0.2, 0) is 20.8 Å². The maximum absolute atomic E-state index is 12.9. The molecule has 1 aromatic carbocycles. The van der Waals surface area contributed by atoms with E-state index in [1.165, 1.54) is 6.07 Å². The molecule has 0 radical (unpaired) electrons. The van der Waals surface area contributed by atoms with Crippen molar-refractivity contribution in [3.63, 3.8) is 0 Å². The van der Waals surface area contributed by atoms with Crippen molar-refractivity contribution in [3.05, 3.63) is 57.4 Å². The van der Waals surface area contributed by atoms with Crippen molar-refractivity contribution < 1.29 is 19.2 Å². The fourth-order valence-electron chi connectivity index (χ4n) is 3.52. The number of amides is 1. The van der Waals surface area contributed by atoms with Crippen LogP contribution in [0.15, 0.2) is 30.6 Å². The molecule has 1 aliphatic heterocycles. The minimum Gasteiger partial charge on any atom is -0.383 e. The van der Waals surface area contributed by atoms with Crippen LogP contribution in [0.5, 0.6) is 0 Å². The summed E-state index contributed by atoms with van der Waals surface area (Å²) in [4.78, 5) is 23.7. The van der Waals surface area contributed by atoms with E-state index in [1.807, 2.05) is 13.1 Å². The highest BCUT2D eigenvalue weighted by Gasteiger charge is 2.36. The zero-order valence-electron chi connectivity index (χ0n) is 16.8. The van der Waals surface area contributed by atoms with Crippen LogP contribution in [-0.4, -0.2) is 40.9 Å². The van der Waals surface area contributed by atoms with E-state index in [0.717, 1.165) is 5.56 Å². The molecule has 1 saturated heterocycles. The van der Waals surface area contributed by atoms with E-state index in [4.69, 9.17) is 9.47 Å². The molecule has 1 amide bonds. The monoisotopic (exact) mass is 402 g/mol. The summed E-state index contributed by atoms with van der Waals surface area (Å²) >= 11 is 0. The van der Waals surface area contributed by atoms with Gasteiger partial charge in [-0.15, -0.1) is 0 Å². The number of carbonyl (C=O) groups excluding carboxylic acids is 1. The lowest BCUT2D eigenvalue weighted by molar-refractivity contribution is -0.385. The van der Waals surface area contributed by atoms with Crippen molar-refractivity contribution >= 4 is 11.6 Å². The maximum atomic E-state index is 12.9. The number of aryl methyl sites for hydroxylation is 1. The highest BCUT2D eigenvalue weighted by atomic mass is 16.6. The van der Waals surface area contributed by atoms with E-state index in [2.05, 4.69) is 10.4 Å². The van der Waals surface area contributed by atoms with Crippen LogP contribution in [0.2, 0.25) is 0 Å². The van der Waals surface area contributed by atoms with Crippen LogP contribution in [0.25, 0.3) is 0 Å². The normalized spacial score (nSPS) is 19.8. The van der Waals surface area contributed by atoms with Gasteiger partial charge in [-0.05, 0) is 25.8 Å². The van der Waals surface area contributed by atoms with Gasteiger partial charge in [0.1, 0.15) is 0 Å². The summed E-state index contributed by atoms with van der Waals surface area (Å²) in [5.41, 5.74) is 2.19. The Labute approximate surface area is 169 Å². The number of nitrogens with zero attached hydrogens (tertiary/aromatic N) is 3. The van der Waals surface area contributed by atoms with Gasteiger partial charge in [0.2, 0.25) is 5.91 Å². The molecular formula is C20H26N4O5. The number of carbonyl (C=O) groups is 1. The summed E-state index contributed by atoms with van der Waals surface area (Å²) in [6, 6.07) is 4.66. The number of nitro benzene ring substituents is 1. The van der Waals surface area contributed by atoms with Crippen LogP contribution in [0.1, 0.15) is 42.2 Å². The number of nitrogens with one attached hydrogen (secondary N) is 1. The molecule has 3 rings (SSSR count). The predicted octanol–water partition coefficient (Wildman–Crippen LogP) is 2.70. The smallest absolute Gasteiger partial charge is 0.272 e. The largest absolute Gasteiger partial charge is 0.383 e. The first-order valence-corrected chi connectivity index (χ1v) is 9.59. The molecule has 0 spiro atoms.